The molecule has 0 heterocycles. The monoisotopic (exact) mass is 253 g/mol. The van der Waals surface area contributed by atoms with E-state index in [1.807, 2.05) is 0 Å². The van der Waals surface area contributed by atoms with Crippen LogP contribution in [0.15, 0.2) is 18.2 Å². The van der Waals surface area contributed by atoms with Gasteiger partial charge < -0.3 is 5.32 Å². The highest BCUT2D eigenvalue weighted by atomic mass is 19.2. The van der Waals surface area contributed by atoms with Gasteiger partial charge in [0, 0.05) is 12.6 Å². The topological polar surface area (TPSA) is 12.0 Å². The predicted molar refractivity (Wildman–Crippen MR) is 69.2 cm³/mol. The molecule has 0 spiro atoms. The van der Waals surface area contributed by atoms with Crippen molar-refractivity contribution in [2.24, 2.45) is 5.92 Å². The Balaban J connectivity index is 1.79. The van der Waals surface area contributed by atoms with Crippen molar-refractivity contribution in [3.63, 3.8) is 0 Å². The molecule has 1 fully saturated rings. The molecule has 18 heavy (non-hydrogen) atoms. The number of hydrogen-bond acceptors (Lipinski definition) is 1. The van der Waals surface area contributed by atoms with Gasteiger partial charge in [0.25, 0.3) is 0 Å². The molecule has 1 nitrogen and oxygen atoms in total. The van der Waals surface area contributed by atoms with Gasteiger partial charge >= 0.3 is 0 Å². The van der Waals surface area contributed by atoms with Crippen LogP contribution in [-0.2, 0) is 6.54 Å². The Morgan fingerprint density at radius 2 is 1.83 bits per heavy atom. The third-order valence-corrected chi connectivity index (χ3v) is 4.00. The second-order valence-electron chi connectivity index (χ2n) is 5.26. The minimum absolute atomic E-state index is 0.529. The van der Waals surface area contributed by atoms with E-state index < -0.39 is 11.6 Å². The quantitative estimate of drug-likeness (QED) is 0.854. The molecule has 1 aliphatic carbocycles. The summed E-state index contributed by atoms with van der Waals surface area (Å²) in [7, 11) is 0. The molecule has 0 aliphatic heterocycles. The number of halogens is 2. The Morgan fingerprint density at radius 1 is 1.11 bits per heavy atom. The molecule has 0 aromatic heterocycles. The number of rotatable bonds is 4. The van der Waals surface area contributed by atoms with Crippen molar-refractivity contribution < 1.29 is 8.78 Å². The van der Waals surface area contributed by atoms with Crippen LogP contribution in [0, 0.1) is 17.6 Å². The van der Waals surface area contributed by atoms with E-state index in [2.05, 4.69) is 12.2 Å². The first kappa shape index (κ1) is 13.5. The van der Waals surface area contributed by atoms with Crippen LogP contribution in [0.5, 0.6) is 0 Å². The van der Waals surface area contributed by atoms with Gasteiger partial charge in [0.2, 0.25) is 0 Å². The highest BCUT2D eigenvalue weighted by molar-refractivity contribution is 5.17. The molecule has 100 valence electrons. The minimum Gasteiger partial charge on any atom is -0.310 e. The van der Waals surface area contributed by atoms with E-state index in [9.17, 15) is 8.78 Å². The van der Waals surface area contributed by atoms with Gasteiger partial charge in [-0.3, -0.25) is 0 Å². The molecule has 1 N–H and O–H groups in total. The number of benzene rings is 1. The van der Waals surface area contributed by atoms with E-state index in [1.54, 1.807) is 6.07 Å². The average Bonchev–Trinajstić information content (AvgIpc) is 2.41. The summed E-state index contributed by atoms with van der Waals surface area (Å²) < 4.78 is 25.8. The third kappa shape index (κ3) is 3.52. The summed E-state index contributed by atoms with van der Waals surface area (Å²) in [5.74, 6) is -0.655. The lowest BCUT2D eigenvalue weighted by atomic mass is 9.84. The molecule has 0 saturated heterocycles. The molecule has 0 amide bonds. The molecule has 1 aliphatic rings. The zero-order chi connectivity index (χ0) is 13.0. The second kappa shape index (κ2) is 6.28. The lowest BCUT2D eigenvalue weighted by Crippen LogP contribution is -2.32. The largest absolute Gasteiger partial charge is 0.310 e. The zero-order valence-electron chi connectivity index (χ0n) is 10.9. The van der Waals surface area contributed by atoms with E-state index in [1.165, 1.54) is 44.2 Å². The Hall–Kier alpha value is -0.960. The van der Waals surface area contributed by atoms with Gasteiger partial charge in [-0.1, -0.05) is 19.4 Å². The first-order valence-electron chi connectivity index (χ1n) is 6.86. The Labute approximate surface area is 108 Å². The van der Waals surface area contributed by atoms with Crippen molar-refractivity contribution in [2.75, 3.05) is 0 Å². The van der Waals surface area contributed by atoms with Gasteiger partial charge in [0.1, 0.15) is 0 Å². The fourth-order valence-corrected chi connectivity index (χ4v) is 2.69. The van der Waals surface area contributed by atoms with Crippen molar-refractivity contribution in [3.05, 3.63) is 35.4 Å². The average molecular weight is 253 g/mol. The molecule has 0 atom stereocenters. The maximum absolute atomic E-state index is 13.0. The number of nitrogens with one attached hydrogen (secondary N) is 1. The normalized spacial score (nSPS) is 24.2. The van der Waals surface area contributed by atoms with Gasteiger partial charge in [0.05, 0.1) is 0 Å². The van der Waals surface area contributed by atoms with E-state index in [4.69, 9.17) is 0 Å². The molecular weight excluding hydrogens is 232 g/mol. The molecule has 0 unspecified atom stereocenters. The van der Waals surface area contributed by atoms with Crippen molar-refractivity contribution in [1.29, 1.82) is 0 Å². The van der Waals surface area contributed by atoms with Crippen LogP contribution < -0.4 is 5.32 Å². The molecular formula is C15H21F2N. The van der Waals surface area contributed by atoms with Crippen LogP contribution in [-0.4, -0.2) is 6.04 Å². The first-order valence-corrected chi connectivity index (χ1v) is 6.86. The molecule has 0 bridgehead atoms. The van der Waals surface area contributed by atoms with Gasteiger partial charge in [-0.05, 0) is 49.3 Å². The lowest BCUT2D eigenvalue weighted by molar-refractivity contribution is 0.285. The van der Waals surface area contributed by atoms with E-state index >= 15 is 0 Å². The maximum Gasteiger partial charge on any atom is 0.159 e. The van der Waals surface area contributed by atoms with Crippen LogP contribution in [0.4, 0.5) is 8.78 Å². The lowest BCUT2D eigenvalue weighted by Gasteiger charge is -2.28. The highest BCUT2D eigenvalue weighted by Crippen LogP contribution is 2.26. The zero-order valence-corrected chi connectivity index (χ0v) is 10.9. The molecule has 0 radical (unpaired) electrons. The Morgan fingerprint density at radius 3 is 2.44 bits per heavy atom. The summed E-state index contributed by atoms with van der Waals surface area (Å²) >= 11 is 0. The van der Waals surface area contributed by atoms with Crippen LogP contribution >= 0.6 is 0 Å². The van der Waals surface area contributed by atoms with Gasteiger partial charge in [-0.15, -0.1) is 0 Å². The minimum atomic E-state index is -0.776. The summed E-state index contributed by atoms with van der Waals surface area (Å²) in [6.07, 6.45) is 6.23. The summed E-state index contributed by atoms with van der Waals surface area (Å²) in [4.78, 5) is 0. The standard InChI is InChI=1S/C15H21F2N/c1-2-11-3-6-13(7-4-11)18-10-12-5-8-14(16)15(17)9-12/h5,8-9,11,13,18H,2-4,6-7,10H2,1H3. The molecule has 1 saturated carbocycles. The smallest absolute Gasteiger partial charge is 0.159 e. The van der Waals surface area contributed by atoms with Crippen LogP contribution in [0.2, 0.25) is 0 Å². The van der Waals surface area contributed by atoms with Crippen LogP contribution in [0.25, 0.3) is 0 Å². The fraction of sp³-hybridized carbons (Fsp3) is 0.600. The van der Waals surface area contributed by atoms with Crippen molar-refractivity contribution in [3.8, 4) is 0 Å². The van der Waals surface area contributed by atoms with Crippen molar-refractivity contribution in [1.82, 2.24) is 5.32 Å². The van der Waals surface area contributed by atoms with E-state index in [-0.39, 0.29) is 0 Å². The third-order valence-electron chi connectivity index (χ3n) is 4.00. The maximum atomic E-state index is 13.0. The van der Waals surface area contributed by atoms with Crippen LogP contribution in [0.3, 0.4) is 0 Å². The van der Waals surface area contributed by atoms with Crippen molar-refractivity contribution in [2.45, 2.75) is 51.6 Å². The summed E-state index contributed by atoms with van der Waals surface area (Å²) in [6, 6.07) is 4.64. The predicted octanol–water partition coefficient (Wildman–Crippen LogP) is 4.02. The van der Waals surface area contributed by atoms with Crippen LogP contribution in [0.1, 0.15) is 44.6 Å². The van der Waals surface area contributed by atoms with Gasteiger partial charge in [-0.2, -0.15) is 0 Å². The Kier molecular flexibility index (Phi) is 4.70. The van der Waals surface area contributed by atoms with Crippen molar-refractivity contribution >= 4 is 0 Å². The van der Waals surface area contributed by atoms with Gasteiger partial charge in [-0.25, -0.2) is 8.78 Å². The summed E-state index contributed by atoms with van der Waals surface area (Å²) in [5, 5.41) is 3.44. The molecule has 1 aromatic carbocycles. The van der Waals surface area contributed by atoms with E-state index in [0.29, 0.717) is 12.6 Å². The SMILES string of the molecule is CCC1CCC(NCc2ccc(F)c(F)c2)CC1. The molecule has 1 aromatic rings. The summed E-state index contributed by atoms with van der Waals surface area (Å²) in [5.41, 5.74) is 0.812. The highest BCUT2D eigenvalue weighted by Gasteiger charge is 2.19. The second-order valence-corrected chi connectivity index (χ2v) is 5.26. The molecule has 3 heteroatoms. The Bertz CT molecular complexity index is 384. The first-order chi connectivity index (χ1) is 8.69. The number of hydrogen-bond donors (Lipinski definition) is 1. The molecule has 2 rings (SSSR count). The fourth-order valence-electron chi connectivity index (χ4n) is 2.69. The van der Waals surface area contributed by atoms with E-state index in [0.717, 1.165) is 11.5 Å². The van der Waals surface area contributed by atoms with Gasteiger partial charge in [0.15, 0.2) is 11.6 Å². The summed E-state index contributed by atoms with van der Waals surface area (Å²) in [6.45, 7) is 2.87.